The first-order valence-corrected chi connectivity index (χ1v) is 5.60. The maximum Gasteiger partial charge on any atom is 0.128 e. The van der Waals surface area contributed by atoms with Crippen LogP contribution in [-0.4, -0.2) is 0 Å². The van der Waals surface area contributed by atoms with Crippen molar-refractivity contribution < 1.29 is 8.78 Å². The van der Waals surface area contributed by atoms with Gasteiger partial charge in [0.05, 0.1) is 6.04 Å². The van der Waals surface area contributed by atoms with Crippen LogP contribution in [0.4, 0.5) is 8.78 Å². The molecule has 2 nitrogen and oxygen atoms in total. The number of hydrogen-bond donors (Lipinski definition) is 2. The number of benzene rings is 2. The molecule has 0 saturated carbocycles. The highest BCUT2D eigenvalue weighted by atomic mass is 19.1. The second-order valence-corrected chi connectivity index (χ2v) is 4.15. The van der Waals surface area contributed by atoms with E-state index in [2.05, 4.69) is 5.43 Å². The van der Waals surface area contributed by atoms with E-state index >= 15 is 0 Å². The Morgan fingerprint density at radius 2 is 1.67 bits per heavy atom. The lowest BCUT2D eigenvalue weighted by molar-refractivity contribution is 0.531. The van der Waals surface area contributed by atoms with Gasteiger partial charge in [-0.3, -0.25) is 5.84 Å². The van der Waals surface area contributed by atoms with Gasteiger partial charge in [-0.25, -0.2) is 14.2 Å². The van der Waals surface area contributed by atoms with Crippen LogP contribution >= 0.6 is 0 Å². The summed E-state index contributed by atoms with van der Waals surface area (Å²) in [6.45, 7) is 1.79. The van der Waals surface area contributed by atoms with Crippen molar-refractivity contribution in [3.05, 3.63) is 70.8 Å². The van der Waals surface area contributed by atoms with E-state index in [0.717, 1.165) is 5.56 Å². The van der Waals surface area contributed by atoms with E-state index in [1.54, 1.807) is 37.3 Å². The molecule has 2 aromatic carbocycles. The maximum atomic E-state index is 13.9. The monoisotopic (exact) mass is 248 g/mol. The lowest BCUT2D eigenvalue weighted by atomic mass is 9.97. The second kappa shape index (κ2) is 5.25. The van der Waals surface area contributed by atoms with Gasteiger partial charge in [-0.2, -0.15) is 0 Å². The van der Waals surface area contributed by atoms with Crippen molar-refractivity contribution in [3.8, 4) is 0 Å². The molecule has 0 aliphatic rings. The average molecular weight is 248 g/mol. The molecular formula is C14H14F2N2. The van der Waals surface area contributed by atoms with Crippen LogP contribution in [0.2, 0.25) is 0 Å². The number of aryl methyl sites for hydroxylation is 1. The molecule has 0 radical (unpaired) electrons. The molecule has 4 heteroatoms. The largest absolute Gasteiger partial charge is 0.271 e. The third-order valence-corrected chi connectivity index (χ3v) is 2.85. The third kappa shape index (κ3) is 2.39. The van der Waals surface area contributed by atoms with E-state index in [9.17, 15) is 8.78 Å². The summed E-state index contributed by atoms with van der Waals surface area (Å²) < 4.78 is 27.6. The topological polar surface area (TPSA) is 38.0 Å². The van der Waals surface area contributed by atoms with Gasteiger partial charge in [-0.05, 0) is 24.6 Å². The lowest BCUT2D eigenvalue weighted by Gasteiger charge is -2.18. The summed E-state index contributed by atoms with van der Waals surface area (Å²) in [5.74, 6) is 4.61. The van der Waals surface area contributed by atoms with Gasteiger partial charge < -0.3 is 0 Å². The Morgan fingerprint density at radius 1 is 1.00 bits per heavy atom. The van der Waals surface area contributed by atoms with Gasteiger partial charge in [-0.15, -0.1) is 0 Å². The van der Waals surface area contributed by atoms with Gasteiger partial charge in [-0.1, -0.05) is 30.3 Å². The first-order valence-electron chi connectivity index (χ1n) is 5.60. The minimum atomic E-state index is -0.702. The van der Waals surface area contributed by atoms with Gasteiger partial charge in [0.1, 0.15) is 11.6 Å². The Hall–Kier alpha value is -1.78. The number of nitrogens with two attached hydrogens (primary N) is 1. The first kappa shape index (κ1) is 12.7. The summed E-state index contributed by atoms with van der Waals surface area (Å²) in [5.41, 5.74) is 3.91. The summed E-state index contributed by atoms with van der Waals surface area (Å²) in [4.78, 5) is 0. The van der Waals surface area contributed by atoms with Crippen LogP contribution in [0.1, 0.15) is 22.7 Å². The van der Waals surface area contributed by atoms with Crippen LogP contribution in [0.5, 0.6) is 0 Å². The van der Waals surface area contributed by atoms with Crippen LogP contribution in [0.3, 0.4) is 0 Å². The zero-order chi connectivity index (χ0) is 13.1. The quantitative estimate of drug-likeness (QED) is 0.647. The summed E-state index contributed by atoms with van der Waals surface area (Å²) in [7, 11) is 0. The smallest absolute Gasteiger partial charge is 0.128 e. The highest BCUT2D eigenvalue weighted by Crippen LogP contribution is 2.26. The number of hydrazine groups is 1. The Labute approximate surface area is 104 Å². The van der Waals surface area contributed by atoms with Gasteiger partial charge in [0.15, 0.2) is 0 Å². The number of halogens is 2. The zero-order valence-electron chi connectivity index (χ0n) is 9.95. The van der Waals surface area contributed by atoms with Gasteiger partial charge in [0.25, 0.3) is 0 Å². The van der Waals surface area contributed by atoms with Crippen LogP contribution in [-0.2, 0) is 0 Å². The standard InChI is InChI=1S/C14H14F2N2/c1-9-6-7-11(13(16)8-9)14(18-17)10-4-2-3-5-12(10)15/h2-8,14,18H,17H2,1H3. The molecule has 0 aliphatic heterocycles. The van der Waals surface area contributed by atoms with Crippen LogP contribution in [0.15, 0.2) is 42.5 Å². The number of rotatable bonds is 3. The minimum absolute atomic E-state index is 0.322. The van der Waals surface area contributed by atoms with Crippen molar-refractivity contribution in [1.29, 1.82) is 0 Å². The van der Waals surface area contributed by atoms with Gasteiger partial charge in [0.2, 0.25) is 0 Å². The normalized spacial score (nSPS) is 12.4. The molecule has 18 heavy (non-hydrogen) atoms. The summed E-state index contributed by atoms with van der Waals surface area (Å²) in [6.07, 6.45) is 0. The van der Waals surface area contributed by atoms with Crippen molar-refractivity contribution >= 4 is 0 Å². The Bertz CT molecular complexity index is 555. The molecule has 0 bridgehead atoms. The zero-order valence-corrected chi connectivity index (χ0v) is 9.95. The maximum absolute atomic E-state index is 13.9. The van der Waals surface area contributed by atoms with Crippen molar-refractivity contribution in [1.82, 2.24) is 5.43 Å². The fourth-order valence-electron chi connectivity index (χ4n) is 1.92. The average Bonchev–Trinajstić information content (AvgIpc) is 2.34. The molecule has 0 saturated heterocycles. The first-order chi connectivity index (χ1) is 8.63. The SMILES string of the molecule is Cc1ccc(C(NN)c2ccccc2F)c(F)c1. The Kier molecular flexibility index (Phi) is 3.69. The van der Waals surface area contributed by atoms with Crippen molar-refractivity contribution in [2.24, 2.45) is 5.84 Å². The van der Waals surface area contributed by atoms with Gasteiger partial charge in [0, 0.05) is 11.1 Å². The van der Waals surface area contributed by atoms with Crippen molar-refractivity contribution in [3.63, 3.8) is 0 Å². The predicted molar refractivity (Wildman–Crippen MR) is 66.7 cm³/mol. The fourth-order valence-corrected chi connectivity index (χ4v) is 1.92. The molecule has 0 spiro atoms. The predicted octanol–water partition coefficient (Wildman–Crippen LogP) is 2.83. The fraction of sp³-hybridized carbons (Fsp3) is 0.143. The molecule has 1 unspecified atom stereocenters. The second-order valence-electron chi connectivity index (χ2n) is 4.15. The summed E-state index contributed by atoms with van der Waals surface area (Å²) >= 11 is 0. The summed E-state index contributed by atoms with van der Waals surface area (Å²) in [6, 6.07) is 10.3. The molecule has 0 heterocycles. The molecule has 0 aromatic heterocycles. The van der Waals surface area contributed by atoms with Crippen molar-refractivity contribution in [2.75, 3.05) is 0 Å². The van der Waals surface area contributed by atoms with Crippen LogP contribution in [0, 0.1) is 18.6 Å². The number of hydrogen-bond acceptors (Lipinski definition) is 2. The third-order valence-electron chi connectivity index (χ3n) is 2.85. The summed E-state index contributed by atoms with van der Waals surface area (Å²) in [5, 5.41) is 0. The Morgan fingerprint density at radius 3 is 2.28 bits per heavy atom. The molecule has 2 rings (SSSR count). The molecule has 2 aromatic rings. The molecule has 0 fully saturated rings. The number of nitrogens with one attached hydrogen (secondary N) is 1. The molecule has 94 valence electrons. The molecule has 3 N–H and O–H groups in total. The lowest BCUT2D eigenvalue weighted by Crippen LogP contribution is -2.30. The van der Waals surface area contributed by atoms with E-state index in [-0.39, 0.29) is 0 Å². The highest BCUT2D eigenvalue weighted by Gasteiger charge is 2.19. The molecule has 0 amide bonds. The van der Waals surface area contributed by atoms with E-state index in [1.807, 2.05) is 0 Å². The van der Waals surface area contributed by atoms with Crippen LogP contribution < -0.4 is 11.3 Å². The minimum Gasteiger partial charge on any atom is -0.271 e. The van der Waals surface area contributed by atoms with E-state index < -0.39 is 17.7 Å². The Balaban J connectivity index is 2.49. The highest BCUT2D eigenvalue weighted by molar-refractivity contribution is 5.35. The van der Waals surface area contributed by atoms with E-state index in [1.165, 1.54) is 12.1 Å². The van der Waals surface area contributed by atoms with Crippen LogP contribution in [0.25, 0.3) is 0 Å². The van der Waals surface area contributed by atoms with Gasteiger partial charge >= 0.3 is 0 Å². The molecular weight excluding hydrogens is 234 g/mol. The van der Waals surface area contributed by atoms with E-state index in [4.69, 9.17) is 5.84 Å². The van der Waals surface area contributed by atoms with E-state index in [0.29, 0.717) is 11.1 Å². The molecule has 0 aliphatic carbocycles. The molecule has 1 atom stereocenters. The van der Waals surface area contributed by atoms with Crippen molar-refractivity contribution in [2.45, 2.75) is 13.0 Å².